The molecule has 0 unspecified atom stereocenters. The zero-order valence-electron chi connectivity index (χ0n) is 21.9. The number of rotatable bonds is 6. The Morgan fingerprint density at radius 3 is 2.69 bits per heavy atom. The normalized spacial score (nSPS) is 17.4. The van der Waals surface area contributed by atoms with Crippen molar-refractivity contribution in [1.29, 1.82) is 0 Å². The van der Waals surface area contributed by atoms with Crippen LogP contribution in [0.15, 0.2) is 59.8 Å². The standard InChI is InChI=1S/C30H31ClN5O3/c1-20(21-6-3-2-4-7-21)16-26(37)34-14-12-30(39,13-15-34)18-35-19-33-36-25(17-32-28(36)29(35)38)24-11-10-22-8-5-9-23(22)27(24)31/h2-4,6-8,10-11,17,19-20,39H,5,9,12-16,18H2,1H3/t20-/m1/s1. The zero-order valence-corrected chi connectivity index (χ0v) is 22.6. The van der Waals surface area contributed by atoms with E-state index >= 15 is 0 Å². The van der Waals surface area contributed by atoms with E-state index in [0.29, 0.717) is 43.1 Å². The molecular formula is C30H31ClN5O3. The van der Waals surface area contributed by atoms with Crippen molar-refractivity contribution in [3.63, 3.8) is 0 Å². The van der Waals surface area contributed by atoms with Crippen LogP contribution < -0.4 is 5.56 Å². The summed E-state index contributed by atoms with van der Waals surface area (Å²) in [5.74, 6) is 0.210. The molecule has 2 aromatic carbocycles. The van der Waals surface area contributed by atoms with Crippen molar-refractivity contribution in [2.24, 2.45) is 0 Å². The van der Waals surface area contributed by atoms with Crippen LogP contribution >= 0.6 is 11.6 Å². The number of hydrogen-bond donors (Lipinski definition) is 1. The van der Waals surface area contributed by atoms with Crippen LogP contribution in [0.5, 0.6) is 0 Å². The third kappa shape index (κ3) is 4.87. The maximum absolute atomic E-state index is 13.3. The van der Waals surface area contributed by atoms with Crippen molar-refractivity contribution in [3.05, 3.63) is 93.5 Å². The topological polar surface area (TPSA) is 92.7 Å². The highest BCUT2D eigenvalue weighted by Crippen LogP contribution is 2.37. The van der Waals surface area contributed by atoms with Crippen LogP contribution in [-0.4, -0.2) is 53.8 Å². The van der Waals surface area contributed by atoms with Crippen molar-refractivity contribution in [2.75, 3.05) is 13.1 Å². The summed E-state index contributed by atoms with van der Waals surface area (Å²) in [6.07, 6.45) is 8.31. The van der Waals surface area contributed by atoms with Gasteiger partial charge in [0.25, 0.3) is 5.56 Å². The number of likely N-dealkylation sites (tertiary alicyclic amines) is 1. The lowest BCUT2D eigenvalue weighted by Gasteiger charge is -2.38. The highest BCUT2D eigenvalue weighted by molar-refractivity contribution is 6.34. The van der Waals surface area contributed by atoms with Crippen molar-refractivity contribution >= 4 is 23.2 Å². The molecule has 201 valence electrons. The van der Waals surface area contributed by atoms with E-state index in [1.807, 2.05) is 47.4 Å². The monoisotopic (exact) mass is 544 g/mol. The smallest absolute Gasteiger partial charge is 0.296 e. The Labute approximate surface area is 231 Å². The molecule has 1 aliphatic heterocycles. The number of amides is 1. The van der Waals surface area contributed by atoms with Gasteiger partial charge >= 0.3 is 0 Å². The molecule has 0 saturated carbocycles. The molecule has 1 amide bonds. The summed E-state index contributed by atoms with van der Waals surface area (Å²) < 4.78 is 2.94. The Bertz CT molecular complexity index is 1590. The predicted octanol–water partition coefficient (Wildman–Crippen LogP) is 4.26. The molecule has 1 fully saturated rings. The van der Waals surface area contributed by atoms with Gasteiger partial charge in [0.15, 0.2) is 0 Å². The lowest BCUT2D eigenvalue weighted by atomic mass is 9.90. The van der Waals surface area contributed by atoms with Crippen LogP contribution in [0.4, 0.5) is 0 Å². The first-order valence-electron chi connectivity index (χ1n) is 13.5. The molecule has 1 aliphatic carbocycles. The first kappa shape index (κ1) is 25.8. The number of piperidine rings is 1. The summed E-state index contributed by atoms with van der Waals surface area (Å²) in [6, 6.07) is 14.0. The predicted molar refractivity (Wildman–Crippen MR) is 150 cm³/mol. The molecule has 8 nitrogen and oxygen atoms in total. The number of aromatic nitrogens is 4. The second-order valence-electron chi connectivity index (χ2n) is 10.8. The summed E-state index contributed by atoms with van der Waals surface area (Å²) in [5.41, 5.74) is 3.59. The van der Waals surface area contributed by atoms with Gasteiger partial charge in [-0.2, -0.15) is 5.10 Å². The average molecular weight is 545 g/mol. The molecule has 1 N–H and O–H groups in total. The van der Waals surface area contributed by atoms with Gasteiger partial charge in [-0.15, -0.1) is 0 Å². The zero-order chi connectivity index (χ0) is 27.1. The van der Waals surface area contributed by atoms with Crippen LogP contribution in [0.1, 0.15) is 55.2 Å². The fourth-order valence-corrected chi connectivity index (χ4v) is 6.15. The Hall–Kier alpha value is -3.49. The number of carbonyl (C=O) groups is 1. The third-order valence-electron chi connectivity index (χ3n) is 8.17. The highest BCUT2D eigenvalue weighted by atomic mass is 35.5. The quantitative estimate of drug-likeness (QED) is 0.391. The SMILES string of the molecule is C[C@H](CC(=O)N1CCC(O)(Cn2cnn3c(-c4ccc5c(c4Cl)CC[CH]5)cnc3c2=O)CC1)c1ccccc1. The fourth-order valence-electron chi connectivity index (χ4n) is 5.79. The van der Waals surface area contributed by atoms with Crippen LogP contribution in [-0.2, 0) is 17.8 Å². The van der Waals surface area contributed by atoms with E-state index in [9.17, 15) is 14.7 Å². The average Bonchev–Trinajstić information content (AvgIpc) is 3.60. The Kier molecular flexibility index (Phi) is 6.77. The van der Waals surface area contributed by atoms with Crippen molar-refractivity contribution in [1.82, 2.24) is 24.1 Å². The molecule has 1 radical (unpaired) electrons. The number of aliphatic hydroxyl groups is 1. The first-order chi connectivity index (χ1) is 18.8. The van der Waals surface area contributed by atoms with Crippen LogP contribution in [0.25, 0.3) is 16.9 Å². The van der Waals surface area contributed by atoms with Gasteiger partial charge in [0.05, 0.1) is 29.1 Å². The number of carbonyl (C=O) groups excluding carboxylic acids is 1. The van der Waals surface area contributed by atoms with Gasteiger partial charge in [-0.05, 0) is 54.7 Å². The van der Waals surface area contributed by atoms with Crippen molar-refractivity contribution in [3.8, 4) is 11.3 Å². The minimum atomic E-state index is -1.11. The number of fused-ring (bicyclic) bond motifs is 2. The number of imidazole rings is 1. The van der Waals surface area contributed by atoms with E-state index in [2.05, 4.69) is 23.4 Å². The van der Waals surface area contributed by atoms with E-state index < -0.39 is 5.60 Å². The second-order valence-corrected chi connectivity index (χ2v) is 11.2. The van der Waals surface area contributed by atoms with E-state index in [4.69, 9.17) is 11.6 Å². The van der Waals surface area contributed by atoms with E-state index in [1.54, 1.807) is 6.20 Å². The third-order valence-corrected chi connectivity index (χ3v) is 8.60. The number of halogens is 1. The lowest BCUT2D eigenvalue weighted by molar-refractivity contribution is -0.136. The molecule has 1 saturated heterocycles. The maximum Gasteiger partial charge on any atom is 0.296 e. The Balaban J connectivity index is 1.15. The fraction of sp³-hybridized carbons (Fsp3) is 0.367. The molecule has 1 atom stereocenters. The maximum atomic E-state index is 13.3. The molecule has 2 aromatic heterocycles. The van der Waals surface area contributed by atoms with E-state index in [0.717, 1.165) is 35.1 Å². The summed E-state index contributed by atoms with van der Waals surface area (Å²) in [7, 11) is 0. The van der Waals surface area contributed by atoms with Crippen LogP contribution in [0, 0.1) is 6.42 Å². The van der Waals surface area contributed by atoms with Crippen molar-refractivity contribution < 1.29 is 9.90 Å². The van der Waals surface area contributed by atoms with Gasteiger partial charge in [0, 0.05) is 25.1 Å². The van der Waals surface area contributed by atoms with Gasteiger partial charge < -0.3 is 10.0 Å². The molecule has 0 bridgehead atoms. The Morgan fingerprint density at radius 1 is 1.15 bits per heavy atom. The first-order valence-corrected chi connectivity index (χ1v) is 13.8. The number of hydrogen-bond acceptors (Lipinski definition) is 5. The number of benzene rings is 2. The van der Waals surface area contributed by atoms with Crippen LogP contribution in [0.2, 0.25) is 5.02 Å². The van der Waals surface area contributed by atoms with Gasteiger partial charge in [-0.3, -0.25) is 14.2 Å². The summed E-state index contributed by atoms with van der Waals surface area (Å²) in [5, 5.41) is 16.5. The molecule has 9 heteroatoms. The van der Waals surface area contributed by atoms with Gasteiger partial charge in [-0.1, -0.05) is 61.0 Å². The molecule has 2 aliphatic rings. The molecule has 4 aromatic rings. The highest BCUT2D eigenvalue weighted by Gasteiger charge is 2.35. The lowest BCUT2D eigenvalue weighted by Crippen LogP contribution is -2.50. The van der Waals surface area contributed by atoms with Crippen LogP contribution in [0.3, 0.4) is 0 Å². The van der Waals surface area contributed by atoms with E-state index in [1.165, 1.54) is 15.4 Å². The van der Waals surface area contributed by atoms with E-state index in [-0.39, 0.29) is 29.6 Å². The van der Waals surface area contributed by atoms with Gasteiger partial charge in [-0.25, -0.2) is 9.50 Å². The molecule has 3 heterocycles. The largest absolute Gasteiger partial charge is 0.388 e. The molecule has 6 rings (SSSR count). The Morgan fingerprint density at radius 2 is 1.92 bits per heavy atom. The molecule has 0 spiro atoms. The molecular weight excluding hydrogens is 514 g/mol. The summed E-state index contributed by atoms with van der Waals surface area (Å²) >= 11 is 6.72. The minimum absolute atomic E-state index is 0.0849. The van der Waals surface area contributed by atoms with Gasteiger partial charge in [0.2, 0.25) is 11.6 Å². The van der Waals surface area contributed by atoms with Gasteiger partial charge in [0.1, 0.15) is 6.33 Å². The second kappa shape index (κ2) is 10.2. The minimum Gasteiger partial charge on any atom is -0.388 e. The summed E-state index contributed by atoms with van der Waals surface area (Å²) in [6.45, 7) is 3.04. The molecule has 39 heavy (non-hydrogen) atoms. The van der Waals surface area contributed by atoms with Crippen molar-refractivity contribution in [2.45, 2.75) is 57.1 Å². The number of nitrogens with zero attached hydrogens (tertiary/aromatic N) is 5. The summed E-state index contributed by atoms with van der Waals surface area (Å²) in [4.78, 5) is 32.4.